The van der Waals surface area contributed by atoms with Crippen LogP contribution in [0, 0.1) is 13.8 Å². The van der Waals surface area contributed by atoms with Crippen LogP contribution in [0.4, 0.5) is 0 Å². The first kappa shape index (κ1) is 14.6. The van der Waals surface area contributed by atoms with Crippen LogP contribution in [0.2, 0.25) is 0 Å². The molecule has 0 aliphatic heterocycles. The highest BCUT2D eigenvalue weighted by Crippen LogP contribution is 2.35. The zero-order valence-corrected chi connectivity index (χ0v) is 12.2. The summed E-state index contributed by atoms with van der Waals surface area (Å²) in [7, 11) is 1.69. The molecule has 100 valence electrons. The van der Waals surface area contributed by atoms with Gasteiger partial charge < -0.3 is 10.1 Å². The Labute approximate surface area is 110 Å². The molecule has 0 atom stereocenters. The molecular formula is C15H23NO2. The third-order valence-electron chi connectivity index (χ3n) is 3.12. The predicted molar refractivity (Wildman–Crippen MR) is 74.2 cm³/mol. The normalized spacial score (nSPS) is 11.2. The van der Waals surface area contributed by atoms with Crippen LogP contribution in [-0.2, 0) is 10.2 Å². The number of benzene rings is 1. The third-order valence-corrected chi connectivity index (χ3v) is 3.12. The van der Waals surface area contributed by atoms with Crippen molar-refractivity contribution in [2.24, 2.45) is 0 Å². The van der Waals surface area contributed by atoms with Crippen LogP contribution in [0.25, 0.3) is 0 Å². The van der Waals surface area contributed by atoms with Gasteiger partial charge in [-0.1, -0.05) is 19.9 Å². The Morgan fingerprint density at radius 1 is 1.33 bits per heavy atom. The Morgan fingerprint density at radius 3 is 2.44 bits per heavy atom. The Balaban J connectivity index is 3.17. The minimum absolute atomic E-state index is 0.00759. The van der Waals surface area contributed by atoms with Gasteiger partial charge in [-0.15, -0.1) is 0 Å². The van der Waals surface area contributed by atoms with E-state index in [1.807, 2.05) is 6.07 Å². The Kier molecular flexibility index (Phi) is 4.38. The molecule has 1 rings (SSSR count). The number of hydrogen-bond acceptors (Lipinski definition) is 2. The molecule has 0 saturated carbocycles. The van der Waals surface area contributed by atoms with Crippen LogP contribution in [0.3, 0.4) is 0 Å². The summed E-state index contributed by atoms with van der Waals surface area (Å²) < 4.78 is 5.49. The van der Waals surface area contributed by atoms with Crippen LogP contribution in [0.15, 0.2) is 12.1 Å². The van der Waals surface area contributed by atoms with Crippen molar-refractivity contribution in [3.05, 3.63) is 28.8 Å². The average Bonchev–Trinajstić information content (AvgIpc) is 2.24. The van der Waals surface area contributed by atoms with Gasteiger partial charge in [-0.25, -0.2) is 0 Å². The third kappa shape index (κ3) is 3.25. The molecule has 0 bridgehead atoms. The molecule has 0 fully saturated rings. The molecule has 0 aromatic heterocycles. The van der Waals surface area contributed by atoms with Gasteiger partial charge in [0.05, 0.1) is 7.11 Å². The van der Waals surface area contributed by atoms with E-state index in [9.17, 15) is 4.79 Å². The minimum Gasteiger partial charge on any atom is -0.496 e. The quantitative estimate of drug-likeness (QED) is 0.891. The number of rotatable bonds is 4. The van der Waals surface area contributed by atoms with E-state index in [1.165, 1.54) is 18.1 Å². The first-order valence-corrected chi connectivity index (χ1v) is 6.18. The summed E-state index contributed by atoms with van der Waals surface area (Å²) in [5.74, 6) is 0.884. The lowest BCUT2D eigenvalue weighted by atomic mass is 9.80. The average molecular weight is 249 g/mol. The van der Waals surface area contributed by atoms with Crippen molar-refractivity contribution < 1.29 is 9.53 Å². The number of nitrogens with one attached hydrogen (secondary N) is 1. The largest absolute Gasteiger partial charge is 0.496 e. The smallest absolute Gasteiger partial charge is 0.216 e. The second-order valence-corrected chi connectivity index (χ2v) is 5.45. The molecule has 0 aliphatic rings. The second kappa shape index (κ2) is 5.42. The first-order valence-electron chi connectivity index (χ1n) is 6.18. The van der Waals surface area contributed by atoms with E-state index in [0.717, 1.165) is 11.3 Å². The summed E-state index contributed by atoms with van der Waals surface area (Å²) >= 11 is 0. The van der Waals surface area contributed by atoms with Crippen LogP contribution in [0.1, 0.15) is 37.5 Å². The zero-order valence-electron chi connectivity index (χ0n) is 12.2. The van der Waals surface area contributed by atoms with Gasteiger partial charge in [0.25, 0.3) is 0 Å². The molecule has 0 radical (unpaired) electrons. The van der Waals surface area contributed by atoms with Gasteiger partial charge in [0.15, 0.2) is 0 Å². The molecular weight excluding hydrogens is 226 g/mol. The van der Waals surface area contributed by atoms with Crippen molar-refractivity contribution in [2.75, 3.05) is 13.7 Å². The maximum atomic E-state index is 11.1. The lowest BCUT2D eigenvalue weighted by molar-refractivity contribution is -0.119. The number of amides is 1. The number of aryl methyl sites for hydroxylation is 2. The Bertz CT molecular complexity index is 450. The van der Waals surface area contributed by atoms with E-state index >= 15 is 0 Å². The van der Waals surface area contributed by atoms with Crippen molar-refractivity contribution >= 4 is 5.91 Å². The van der Waals surface area contributed by atoms with Gasteiger partial charge in [-0.3, -0.25) is 4.79 Å². The van der Waals surface area contributed by atoms with Crippen molar-refractivity contribution in [1.29, 1.82) is 0 Å². The van der Waals surface area contributed by atoms with Gasteiger partial charge in [0.1, 0.15) is 5.75 Å². The highest BCUT2D eigenvalue weighted by molar-refractivity contribution is 5.73. The fourth-order valence-electron chi connectivity index (χ4n) is 2.39. The Morgan fingerprint density at radius 2 is 1.94 bits per heavy atom. The predicted octanol–water partition coefficient (Wildman–Crippen LogP) is 2.73. The van der Waals surface area contributed by atoms with E-state index in [-0.39, 0.29) is 11.3 Å². The summed E-state index contributed by atoms with van der Waals surface area (Å²) in [4.78, 5) is 11.1. The van der Waals surface area contributed by atoms with Crippen molar-refractivity contribution in [1.82, 2.24) is 5.32 Å². The molecule has 3 nitrogen and oxygen atoms in total. The standard InChI is InChI=1S/C15H23NO2/c1-10-7-11(2)14(13(8-10)18-6)15(4,5)9-16-12(3)17/h7-8H,9H2,1-6H3,(H,16,17). The van der Waals surface area contributed by atoms with Gasteiger partial charge in [0.2, 0.25) is 5.91 Å². The summed E-state index contributed by atoms with van der Waals surface area (Å²) in [6, 6.07) is 4.19. The van der Waals surface area contributed by atoms with Gasteiger partial charge >= 0.3 is 0 Å². The number of carbonyl (C=O) groups excluding carboxylic acids is 1. The molecule has 1 aromatic carbocycles. The molecule has 1 amide bonds. The lowest BCUT2D eigenvalue weighted by Crippen LogP contribution is -2.36. The van der Waals surface area contributed by atoms with E-state index in [4.69, 9.17) is 4.74 Å². The highest BCUT2D eigenvalue weighted by atomic mass is 16.5. The Hall–Kier alpha value is -1.51. The second-order valence-electron chi connectivity index (χ2n) is 5.45. The molecule has 1 aromatic rings. The van der Waals surface area contributed by atoms with E-state index in [0.29, 0.717) is 6.54 Å². The molecule has 18 heavy (non-hydrogen) atoms. The molecule has 0 unspecified atom stereocenters. The minimum atomic E-state index is -0.158. The lowest BCUT2D eigenvalue weighted by Gasteiger charge is -2.29. The monoisotopic (exact) mass is 249 g/mol. The highest BCUT2D eigenvalue weighted by Gasteiger charge is 2.26. The summed E-state index contributed by atoms with van der Waals surface area (Å²) in [6.45, 7) is 10.5. The summed E-state index contributed by atoms with van der Waals surface area (Å²) in [6.07, 6.45) is 0. The van der Waals surface area contributed by atoms with Gasteiger partial charge in [0, 0.05) is 24.4 Å². The topological polar surface area (TPSA) is 38.3 Å². The molecule has 0 spiro atoms. The van der Waals surface area contributed by atoms with Crippen LogP contribution in [0.5, 0.6) is 5.75 Å². The molecule has 3 heteroatoms. The fourth-order valence-corrected chi connectivity index (χ4v) is 2.39. The fraction of sp³-hybridized carbons (Fsp3) is 0.533. The van der Waals surface area contributed by atoms with E-state index in [1.54, 1.807) is 7.11 Å². The SMILES string of the molecule is COc1cc(C)cc(C)c1C(C)(C)CNC(C)=O. The van der Waals surface area contributed by atoms with E-state index in [2.05, 4.69) is 39.1 Å². The first-order chi connectivity index (χ1) is 8.27. The van der Waals surface area contributed by atoms with Crippen LogP contribution in [-0.4, -0.2) is 19.6 Å². The van der Waals surface area contributed by atoms with Crippen molar-refractivity contribution in [3.63, 3.8) is 0 Å². The number of hydrogen-bond donors (Lipinski definition) is 1. The number of ether oxygens (including phenoxy) is 1. The molecule has 0 heterocycles. The maximum absolute atomic E-state index is 11.1. The summed E-state index contributed by atoms with van der Waals surface area (Å²) in [5, 5.41) is 2.88. The zero-order chi connectivity index (χ0) is 13.9. The van der Waals surface area contributed by atoms with Crippen LogP contribution >= 0.6 is 0 Å². The number of methoxy groups -OCH3 is 1. The van der Waals surface area contributed by atoms with Crippen molar-refractivity contribution in [2.45, 2.75) is 40.0 Å². The van der Waals surface area contributed by atoms with E-state index < -0.39 is 0 Å². The molecule has 1 N–H and O–H groups in total. The van der Waals surface area contributed by atoms with Gasteiger partial charge in [-0.2, -0.15) is 0 Å². The summed E-state index contributed by atoms with van der Waals surface area (Å²) in [5.41, 5.74) is 3.38. The molecule has 0 saturated heterocycles. The van der Waals surface area contributed by atoms with Crippen LogP contribution < -0.4 is 10.1 Å². The number of carbonyl (C=O) groups is 1. The van der Waals surface area contributed by atoms with Crippen molar-refractivity contribution in [3.8, 4) is 5.75 Å². The molecule has 0 aliphatic carbocycles. The maximum Gasteiger partial charge on any atom is 0.216 e. The van der Waals surface area contributed by atoms with Gasteiger partial charge in [-0.05, 0) is 31.0 Å².